The van der Waals surface area contributed by atoms with Gasteiger partial charge in [0.15, 0.2) is 11.0 Å². The Morgan fingerprint density at radius 3 is 2.87 bits per heavy atom. The topological polar surface area (TPSA) is 63.6 Å². The maximum absolute atomic E-state index is 11.6. The van der Waals surface area contributed by atoms with Crippen LogP contribution in [-0.4, -0.2) is 30.8 Å². The summed E-state index contributed by atoms with van der Waals surface area (Å²) >= 11 is 1.50. The van der Waals surface area contributed by atoms with Crippen LogP contribution in [0, 0.1) is 0 Å². The van der Waals surface area contributed by atoms with Crippen LogP contribution in [0.2, 0.25) is 0 Å². The maximum Gasteiger partial charge on any atom is 0.192 e. The highest BCUT2D eigenvalue weighted by Crippen LogP contribution is 2.42. The molecule has 0 radical (unpaired) electrons. The smallest absolute Gasteiger partial charge is 0.192 e. The quantitative estimate of drug-likeness (QED) is 0.724. The molecule has 1 aliphatic rings. The predicted molar refractivity (Wildman–Crippen MR) is 91.6 cm³/mol. The lowest BCUT2D eigenvalue weighted by molar-refractivity contribution is -0.116. The molecule has 3 aromatic rings. The fraction of sp³-hybridized carbons (Fsp3) is 0.353. The van der Waals surface area contributed by atoms with E-state index in [-0.39, 0.29) is 11.0 Å². The second kappa shape index (κ2) is 5.53. The van der Waals surface area contributed by atoms with Gasteiger partial charge < -0.3 is 4.98 Å². The molecule has 2 aromatic heterocycles. The molecule has 5 nitrogen and oxygen atoms in total. The lowest BCUT2D eigenvalue weighted by Crippen LogP contribution is -2.10. The molecule has 1 aromatic carbocycles. The number of Topliss-reactive ketones (excluding diaryl/α,β-unsaturated/α-hetero) is 1. The van der Waals surface area contributed by atoms with Crippen LogP contribution in [0.4, 0.5) is 0 Å². The molecule has 0 bridgehead atoms. The van der Waals surface area contributed by atoms with E-state index in [1.807, 2.05) is 25.3 Å². The third kappa shape index (κ3) is 2.57. The molecule has 0 unspecified atom stereocenters. The summed E-state index contributed by atoms with van der Waals surface area (Å²) in [6.45, 7) is 3.54. The van der Waals surface area contributed by atoms with E-state index in [4.69, 9.17) is 0 Å². The number of rotatable bonds is 5. The second-order valence-corrected chi connectivity index (χ2v) is 7.33. The predicted octanol–water partition coefficient (Wildman–Crippen LogP) is 3.83. The number of nitrogens with one attached hydrogen (secondary N) is 1. The zero-order chi connectivity index (χ0) is 16.0. The highest BCUT2D eigenvalue weighted by atomic mass is 32.2. The van der Waals surface area contributed by atoms with Gasteiger partial charge in [0, 0.05) is 28.7 Å². The van der Waals surface area contributed by atoms with Crippen molar-refractivity contribution in [2.45, 2.75) is 43.1 Å². The molecule has 1 atom stereocenters. The molecule has 0 spiro atoms. The number of ketones is 1. The van der Waals surface area contributed by atoms with Gasteiger partial charge in [-0.1, -0.05) is 30.0 Å². The number of nitrogens with zero attached hydrogens (tertiary/aromatic N) is 3. The minimum atomic E-state index is -0.104. The van der Waals surface area contributed by atoms with Gasteiger partial charge in [-0.3, -0.25) is 9.36 Å². The van der Waals surface area contributed by atoms with E-state index >= 15 is 0 Å². The molecule has 6 heteroatoms. The van der Waals surface area contributed by atoms with E-state index in [9.17, 15) is 4.79 Å². The zero-order valence-electron chi connectivity index (χ0n) is 13.1. The summed E-state index contributed by atoms with van der Waals surface area (Å²) in [7, 11) is 0. The molecule has 1 N–H and O–H groups in total. The number of benzene rings is 1. The number of aromatic nitrogens is 4. The van der Waals surface area contributed by atoms with Crippen molar-refractivity contribution >= 4 is 28.4 Å². The maximum atomic E-state index is 11.6. The monoisotopic (exact) mass is 326 g/mol. The number of H-pyrrole nitrogens is 1. The summed E-state index contributed by atoms with van der Waals surface area (Å²) in [5.74, 6) is 1.05. The molecule has 0 amide bonds. The summed E-state index contributed by atoms with van der Waals surface area (Å²) in [4.78, 5) is 14.9. The number of para-hydroxylation sites is 1. The summed E-state index contributed by atoms with van der Waals surface area (Å²) in [6.07, 6.45) is 4.29. The first-order valence-corrected chi connectivity index (χ1v) is 8.71. The average molecular weight is 326 g/mol. The first kappa shape index (κ1) is 14.5. The van der Waals surface area contributed by atoms with Crippen molar-refractivity contribution in [3.63, 3.8) is 0 Å². The first-order chi connectivity index (χ1) is 11.1. The van der Waals surface area contributed by atoms with Crippen molar-refractivity contribution in [3.8, 4) is 11.4 Å². The fourth-order valence-electron chi connectivity index (χ4n) is 2.70. The Bertz CT molecular complexity index is 878. The third-order valence-electron chi connectivity index (χ3n) is 4.26. The summed E-state index contributed by atoms with van der Waals surface area (Å²) in [5, 5.41) is 10.7. The normalized spacial score (nSPS) is 15.9. The van der Waals surface area contributed by atoms with Gasteiger partial charge in [0.2, 0.25) is 0 Å². The summed E-state index contributed by atoms with van der Waals surface area (Å²) in [6, 6.07) is 8.66. The Kier molecular flexibility index (Phi) is 3.49. The van der Waals surface area contributed by atoms with E-state index < -0.39 is 0 Å². The number of aromatic amines is 1. The first-order valence-electron chi connectivity index (χ1n) is 7.83. The van der Waals surface area contributed by atoms with Crippen LogP contribution in [0.3, 0.4) is 0 Å². The molecule has 2 heterocycles. The molecule has 0 saturated heterocycles. The number of hydrogen-bond donors (Lipinski definition) is 1. The van der Waals surface area contributed by atoms with Gasteiger partial charge in [-0.2, -0.15) is 0 Å². The van der Waals surface area contributed by atoms with E-state index in [2.05, 4.69) is 31.9 Å². The van der Waals surface area contributed by atoms with E-state index in [1.54, 1.807) is 6.92 Å². The number of carbonyl (C=O) groups excluding carboxylic acids is 1. The largest absolute Gasteiger partial charge is 0.360 e. The molecule has 1 fully saturated rings. The lowest BCUT2D eigenvalue weighted by atomic mass is 10.1. The average Bonchev–Trinajstić information content (AvgIpc) is 3.16. The van der Waals surface area contributed by atoms with Crippen LogP contribution < -0.4 is 0 Å². The zero-order valence-corrected chi connectivity index (χ0v) is 13.9. The van der Waals surface area contributed by atoms with Crippen LogP contribution in [0.5, 0.6) is 0 Å². The number of fused-ring (bicyclic) bond motifs is 1. The van der Waals surface area contributed by atoms with Crippen molar-refractivity contribution in [2.75, 3.05) is 0 Å². The van der Waals surface area contributed by atoms with Crippen molar-refractivity contribution in [3.05, 3.63) is 30.5 Å². The Balaban J connectivity index is 1.80. The van der Waals surface area contributed by atoms with Gasteiger partial charge in [-0.15, -0.1) is 10.2 Å². The Morgan fingerprint density at radius 1 is 1.35 bits per heavy atom. The highest BCUT2D eigenvalue weighted by molar-refractivity contribution is 8.00. The van der Waals surface area contributed by atoms with Crippen LogP contribution in [-0.2, 0) is 4.79 Å². The fourth-order valence-corrected chi connectivity index (χ4v) is 3.62. The van der Waals surface area contributed by atoms with Crippen LogP contribution in [0.25, 0.3) is 22.3 Å². The van der Waals surface area contributed by atoms with E-state index in [0.717, 1.165) is 40.3 Å². The summed E-state index contributed by atoms with van der Waals surface area (Å²) < 4.78 is 2.21. The van der Waals surface area contributed by atoms with E-state index in [1.165, 1.54) is 11.8 Å². The van der Waals surface area contributed by atoms with Crippen molar-refractivity contribution < 1.29 is 4.79 Å². The Labute approximate surface area is 138 Å². The Morgan fingerprint density at radius 2 is 2.13 bits per heavy atom. The minimum absolute atomic E-state index is 0.104. The van der Waals surface area contributed by atoms with Gasteiger partial charge in [0.05, 0.1) is 5.25 Å². The van der Waals surface area contributed by atoms with Crippen molar-refractivity contribution in [1.82, 2.24) is 19.7 Å². The molecule has 118 valence electrons. The molecule has 1 saturated carbocycles. The molecular weight excluding hydrogens is 308 g/mol. The van der Waals surface area contributed by atoms with Gasteiger partial charge in [-0.25, -0.2) is 0 Å². The molecular formula is C17H18N4OS. The van der Waals surface area contributed by atoms with Crippen molar-refractivity contribution in [1.29, 1.82) is 0 Å². The van der Waals surface area contributed by atoms with E-state index in [0.29, 0.717) is 6.04 Å². The number of hydrogen-bond acceptors (Lipinski definition) is 4. The molecule has 1 aliphatic carbocycles. The third-order valence-corrected chi connectivity index (χ3v) is 5.44. The lowest BCUT2D eigenvalue weighted by Gasteiger charge is -2.10. The van der Waals surface area contributed by atoms with Gasteiger partial charge in [0.25, 0.3) is 0 Å². The van der Waals surface area contributed by atoms with Gasteiger partial charge in [0.1, 0.15) is 5.78 Å². The SMILES string of the molecule is CC(=O)[C@@H](C)Sc1nnc(-c2c[nH]c3ccccc23)n1C1CC1. The van der Waals surface area contributed by atoms with Gasteiger partial charge >= 0.3 is 0 Å². The van der Waals surface area contributed by atoms with Crippen LogP contribution in [0.15, 0.2) is 35.6 Å². The molecule has 23 heavy (non-hydrogen) atoms. The number of thioether (sulfide) groups is 1. The Hall–Kier alpha value is -2.08. The second-order valence-electron chi connectivity index (χ2n) is 6.03. The minimum Gasteiger partial charge on any atom is -0.360 e. The summed E-state index contributed by atoms with van der Waals surface area (Å²) in [5.41, 5.74) is 2.17. The highest BCUT2D eigenvalue weighted by Gasteiger charge is 2.31. The number of carbonyl (C=O) groups is 1. The standard InChI is InChI=1S/C17H18N4OS/c1-10(22)11(2)23-17-20-19-16(21(17)12-7-8-12)14-9-18-15-6-4-3-5-13(14)15/h3-6,9,11-12,18H,7-8H2,1-2H3/t11-/m1/s1. The van der Waals surface area contributed by atoms with Crippen LogP contribution in [0.1, 0.15) is 32.7 Å². The molecule has 0 aliphatic heterocycles. The van der Waals surface area contributed by atoms with Crippen molar-refractivity contribution in [2.24, 2.45) is 0 Å². The van der Waals surface area contributed by atoms with Crippen LogP contribution >= 0.6 is 11.8 Å². The molecule has 4 rings (SSSR count). The van der Waals surface area contributed by atoms with Gasteiger partial charge in [-0.05, 0) is 32.8 Å².